The minimum atomic E-state index is -4.40. The van der Waals surface area contributed by atoms with Crippen molar-refractivity contribution < 1.29 is 42.1 Å². The molecule has 0 radical (unpaired) electrons. The molecule has 10 heteroatoms. The Hall–Kier alpha value is -2.81. The summed E-state index contributed by atoms with van der Waals surface area (Å²) in [6, 6.07) is 0. The number of phosphoric acid groups is 1. The van der Waals surface area contributed by atoms with Gasteiger partial charge in [0, 0.05) is 12.8 Å². The topological polar surface area (TPSA) is 108 Å². The fourth-order valence-corrected chi connectivity index (χ4v) is 11.3. The van der Waals surface area contributed by atoms with Gasteiger partial charge in [-0.15, -0.1) is 0 Å². The summed E-state index contributed by atoms with van der Waals surface area (Å²) >= 11 is 0. The number of rotatable bonds is 68. The minimum Gasteiger partial charge on any atom is -0.462 e. The average molecular weight is 1240 g/mol. The van der Waals surface area contributed by atoms with E-state index < -0.39 is 26.5 Å². The molecule has 0 spiro atoms. The van der Waals surface area contributed by atoms with Crippen LogP contribution in [0.2, 0.25) is 0 Å². The van der Waals surface area contributed by atoms with Crippen molar-refractivity contribution in [2.45, 2.75) is 347 Å². The maximum atomic E-state index is 12.9. The normalized spacial score (nSPS) is 13.6. The van der Waals surface area contributed by atoms with E-state index in [2.05, 4.69) is 98.9 Å². The summed E-state index contributed by atoms with van der Waals surface area (Å²) in [6.07, 6.45) is 92.7. The van der Waals surface area contributed by atoms with Gasteiger partial charge in [0.05, 0.1) is 27.7 Å². The highest BCUT2D eigenvalue weighted by Crippen LogP contribution is 2.43. The monoisotopic (exact) mass is 1240 g/mol. The molecule has 0 aromatic carbocycles. The van der Waals surface area contributed by atoms with Crippen molar-refractivity contribution >= 4 is 19.8 Å². The molecule has 0 heterocycles. The van der Waals surface area contributed by atoms with E-state index in [1.165, 1.54) is 225 Å². The number of allylic oxidation sites excluding steroid dienone is 14. The number of ether oxygens (including phenoxy) is 2. The molecule has 0 fully saturated rings. The van der Waals surface area contributed by atoms with Crippen LogP contribution in [0.15, 0.2) is 85.1 Å². The Morgan fingerprint density at radius 2 is 0.655 bits per heavy atom. The van der Waals surface area contributed by atoms with E-state index in [0.29, 0.717) is 23.9 Å². The number of hydrogen-bond acceptors (Lipinski definition) is 7. The van der Waals surface area contributed by atoms with Crippen LogP contribution in [0, 0.1) is 0 Å². The molecule has 0 aromatic rings. The second-order valence-corrected chi connectivity index (χ2v) is 27.4. The summed E-state index contributed by atoms with van der Waals surface area (Å²) in [6.45, 7) is 4.37. The highest BCUT2D eigenvalue weighted by atomic mass is 31.2. The van der Waals surface area contributed by atoms with E-state index in [1.807, 2.05) is 21.1 Å². The zero-order valence-corrected chi connectivity index (χ0v) is 58.6. The van der Waals surface area contributed by atoms with Gasteiger partial charge in [-0.3, -0.25) is 18.6 Å². The maximum Gasteiger partial charge on any atom is 0.472 e. The van der Waals surface area contributed by atoms with Gasteiger partial charge in [-0.05, 0) is 70.6 Å². The van der Waals surface area contributed by atoms with Crippen molar-refractivity contribution in [3.8, 4) is 0 Å². The zero-order valence-electron chi connectivity index (χ0n) is 57.8. The second-order valence-electron chi connectivity index (χ2n) is 26.0. The number of likely N-dealkylation sites (N-methyl/N-ethyl adjacent to an activating group) is 1. The second kappa shape index (κ2) is 67.6. The molecule has 0 saturated carbocycles. The van der Waals surface area contributed by atoms with E-state index in [4.69, 9.17) is 18.5 Å². The van der Waals surface area contributed by atoms with E-state index in [9.17, 15) is 19.0 Å². The Labute approximate surface area is 539 Å². The summed E-state index contributed by atoms with van der Waals surface area (Å²) in [4.78, 5) is 35.9. The minimum absolute atomic E-state index is 0.0309. The number of phosphoric ester groups is 1. The Balaban J connectivity index is 4.02. The lowest BCUT2D eigenvalue weighted by molar-refractivity contribution is -0.870. The van der Waals surface area contributed by atoms with Gasteiger partial charge in [-0.2, -0.15) is 0 Å². The summed E-state index contributed by atoms with van der Waals surface area (Å²) < 4.78 is 34.8. The number of quaternary nitrogens is 1. The molecule has 0 aliphatic heterocycles. The van der Waals surface area contributed by atoms with Crippen molar-refractivity contribution in [1.82, 2.24) is 0 Å². The molecular formula is C77H141NO8P+. The van der Waals surface area contributed by atoms with Crippen LogP contribution in [-0.2, 0) is 32.7 Å². The predicted molar refractivity (Wildman–Crippen MR) is 376 cm³/mol. The number of carbonyl (C=O) groups excluding carboxylic acids is 2. The SMILES string of the molecule is CC/C=C\C/C=C\C/C=C\C/C=C\C/C=C\C/C=C\C/C=C\CCCCCCCCCCCCCCCC(=O)OC(COC(=O)CCCCCCCCCCCCCCCCCCCCCCCCCCCCCC)COP(=O)(O)OCC[N+](C)(C)C. The Morgan fingerprint density at radius 3 is 0.977 bits per heavy atom. The van der Waals surface area contributed by atoms with E-state index >= 15 is 0 Å². The first-order valence-electron chi connectivity index (χ1n) is 36.8. The zero-order chi connectivity index (χ0) is 63.4. The van der Waals surface area contributed by atoms with E-state index in [1.54, 1.807) is 0 Å². The third-order valence-electron chi connectivity index (χ3n) is 16.2. The van der Waals surface area contributed by atoms with Crippen LogP contribution in [0.4, 0.5) is 0 Å². The van der Waals surface area contributed by atoms with Crippen molar-refractivity contribution in [3.05, 3.63) is 85.1 Å². The van der Waals surface area contributed by atoms with Gasteiger partial charge in [0.25, 0.3) is 0 Å². The Kier molecular flexibility index (Phi) is 65.4. The molecule has 0 saturated heterocycles. The Morgan fingerprint density at radius 1 is 0.368 bits per heavy atom. The van der Waals surface area contributed by atoms with Crippen LogP contribution < -0.4 is 0 Å². The Bertz CT molecular complexity index is 1740. The summed E-state index contributed by atoms with van der Waals surface area (Å²) in [5.41, 5.74) is 0. The molecule has 2 atom stereocenters. The molecule has 1 N–H and O–H groups in total. The number of hydrogen-bond donors (Lipinski definition) is 1. The molecule has 0 amide bonds. The molecule has 0 aliphatic rings. The van der Waals surface area contributed by atoms with Crippen LogP contribution in [0.5, 0.6) is 0 Å². The lowest BCUT2D eigenvalue weighted by Gasteiger charge is -2.24. The molecule has 0 rings (SSSR count). The van der Waals surface area contributed by atoms with Crippen molar-refractivity contribution in [2.24, 2.45) is 0 Å². The molecule has 87 heavy (non-hydrogen) atoms. The summed E-state index contributed by atoms with van der Waals surface area (Å²) in [5.74, 6) is -0.784. The first-order valence-corrected chi connectivity index (χ1v) is 38.3. The summed E-state index contributed by atoms with van der Waals surface area (Å²) in [7, 11) is 1.49. The van der Waals surface area contributed by atoms with Gasteiger partial charge < -0.3 is 18.9 Å². The molecule has 0 bridgehead atoms. The fourth-order valence-electron chi connectivity index (χ4n) is 10.6. The standard InChI is InChI=1S/C77H140NO8P/c1-6-8-10-12-14-16-18-20-22-24-26-28-30-32-34-36-37-38-39-40-41-42-44-46-48-50-52-54-56-58-60-62-64-66-68-70-77(80)86-75(74-85-87(81,82)84-72-71-78(3,4)5)73-83-76(79)69-67-65-63-61-59-57-55-53-51-49-47-45-43-35-33-31-29-27-25-23-21-19-17-15-13-11-9-7-2/h8,10,14,16,20,22,26,28,32,34,37-38,40-41,75H,6-7,9,11-13,15,17-19,21,23-25,27,29-31,33,35-36,39,42-74H2,1-5H3/p+1/b10-8-,16-14-,22-20-,28-26-,34-32-,38-37-,41-40-. The average Bonchev–Trinajstić information content (AvgIpc) is 3.67. The van der Waals surface area contributed by atoms with Crippen molar-refractivity contribution in [1.29, 1.82) is 0 Å². The quantitative estimate of drug-likeness (QED) is 0.0211. The largest absolute Gasteiger partial charge is 0.472 e. The van der Waals surface area contributed by atoms with Crippen molar-refractivity contribution in [3.63, 3.8) is 0 Å². The third kappa shape index (κ3) is 72.1. The van der Waals surface area contributed by atoms with E-state index in [0.717, 1.165) is 83.5 Å². The lowest BCUT2D eigenvalue weighted by atomic mass is 10.0. The first kappa shape index (κ1) is 84.2. The van der Waals surface area contributed by atoms with Crippen LogP contribution in [0.3, 0.4) is 0 Å². The van der Waals surface area contributed by atoms with Crippen LogP contribution in [0.1, 0.15) is 341 Å². The lowest BCUT2D eigenvalue weighted by Crippen LogP contribution is -2.37. The molecule has 9 nitrogen and oxygen atoms in total. The smallest absolute Gasteiger partial charge is 0.462 e. The van der Waals surface area contributed by atoms with Gasteiger partial charge in [-0.1, -0.05) is 343 Å². The van der Waals surface area contributed by atoms with Crippen LogP contribution in [0.25, 0.3) is 0 Å². The number of carbonyl (C=O) groups is 2. The van der Waals surface area contributed by atoms with Gasteiger partial charge in [0.1, 0.15) is 19.8 Å². The molecule has 0 aromatic heterocycles. The fraction of sp³-hybridized carbons (Fsp3) is 0.792. The predicted octanol–water partition coefficient (Wildman–Crippen LogP) is 24.1. The van der Waals surface area contributed by atoms with Gasteiger partial charge in [0.2, 0.25) is 0 Å². The van der Waals surface area contributed by atoms with Crippen molar-refractivity contribution in [2.75, 3.05) is 47.5 Å². The first-order chi connectivity index (χ1) is 42.5. The van der Waals surface area contributed by atoms with E-state index in [-0.39, 0.29) is 25.6 Å². The molecular weight excluding hydrogens is 1100 g/mol. The summed E-state index contributed by atoms with van der Waals surface area (Å²) in [5, 5.41) is 0. The van der Waals surface area contributed by atoms with Gasteiger partial charge >= 0.3 is 19.8 Å². The third-order valence-corrected chi connectivity index (χ3v) is 17.2. The van der Waals surface area contributed by atoms with Crippen LogP contribution >= 0.6 is 7.82 Å². The number of nitrogens with zero attached hydrogens (tertiary/aromatic N) is 1. The van der Waals surface area contributed by atoms with Gasteiger partial charge in [-0.25, -0.2) is 4.57 Å². The molecule has 0 aliphatic carbocycles. The highest BCUT2D eigenvalue weighted by molar-refractivity contribution is 7.47. The molecule has 2 unspecified atom stereocenters. The van der Waals surface area contributed by atoms with Crippen LogP contribution in [-0.4, -0.2) is 74.9 Å². The number of unbranched alkanes of at least 4 members (excludes halogenated alkanes) is 40. The molecule has 506 valence electrons. The highest BCUT2D eigenvalue weighted by Gasteiger charge is 2.27. The maximum absolute atomic E-state index is 12.9. The number of esters is 2. The van der Waals surface area contributed by atoms with Gasteiger partial charge in [0.15, 0.2) is 6.10 Å².